The molecule has 2 nitrogen and oxygen atoms in total. The van der Waals surface area contributed by atoms with Gasteiger partial charge in [-0.3, -0.25) is 0 Å². The normalized spacial score (nSPS) is 10.8. The van der Waals surface area contributed by atoms with E-state index >= 15 is 0 Å². The van der Waals surface area contributed by atoms with E-state index < -0.39 is 0 Å². The summed E-state index contributed by atoms with van der Waals surface area (Å²) in [5.41, 5.74) is 9.27. The molecular formula is C18H31NO. The van der Waals surface area contributed by atoms with Crippen molar-refractivity contribution < 1.29 is 4.74 Å². The molecule has 114 valence electrons. The second-order valence-electron chi connectivity index (χ2n) is 5.73. The van der Waals surface area contributed by atoms with Gasteiger partial charge in [0.1, 0.15) is 5.75 Å². The van der Waals surface area contributed by atoms with E-state index in [0.717, 1.165) is 18.8 Å². The first-order valence-electron chi connectivity index (χ1n) is 8.12. The van der Waals surface area contributed by atoms with E-state index in [1.807, 2.05) is 0 Å². The van der Waals surface area contributed by atoms with Crippen LogP contribution in [0.5, 0.6) is 5.75 Å². The molecule has 0 bridgehead atoms. The Balaban J connectivity index is 2.25. The van der Waals surface area contributed by atoms with E-state index in [0.29, 0.717) is 6.54 Å². The predicted octanol–water partition coefficient (Wildman–Crippen LogP) is 4.89. The van der Waals surface area contributed by atoms with E-state index in [9.17, 15) is 0 Å². The summed E-state index contributed by atoms with van der Waals surface area (Å²) in [6.07, 6.45) is 9.23. The summed E-state index contributed by atoms with van der Waals surface area (Å²) >= 11 is 0. The second kappa shape index (κ2) is 9.82. The Bertz CT molecular complexity index is 364. The van der Waals surface area contributed by atoms with Gasteiger partial charge in [-0.25, -0.2) is 0 Å². The number of aryl methyl sites for hydroxylation is 2. The summed E-state index contributed by atoms with van der Waals surface area (Å²) in [6.45, 7) is 7.89. The molecule has 0 saturated heterocycles. The van der Waals surface area contributed by atoms with Crippen molar-refractivity contribution in [3.8, 4) is 5.75 Å². The highest BCUT2D eigenvalue weighted by Crippen LogP contribution is 2.25. The molecule has 20 heavy (non-hydrogen) atoms. The van der Waals surface area contributed by atoms with E-state index in [4.69, 9.17) is 10.5 Å². The number of hydrogen-bond acceptors (Lipinski definition) is 2. The predicted molar refractivity (Wildman–Crippen MR) is 87.3 cm³/mol. The quantitative estimate of drug-likeness (QED) is 0.618. The van der Waals surface area contributed by atoms with E-state index in [-0.39, 0.29) is 0 Å². The number of unbranched alkanes of at least 4 members (excludes halogenated alkanes) is 6. The maximum absolute atomic E-state index is 5.95. The number of benzene rings is 1. The van der Waals surface area contributed by atoms with Gasteiger partial charge < -0.3 is 10.5 Å². The molecule has 0 aliphatic heterocycles. The van der Waals surface area contributed by atoms with Crippen LogP contribution < -0.4 is 10.5 Å². The lowest BCUT2D eigenvalue weighted by molar-refractivity contribution is 0.300. The Morgan fingerprint density at radius 3 is 2.00 bits per heavy atom. The van der Waals surface area contributed by atoms with Gasteiger partial charge in [0.25, 0.3) is 0 Å². The van der Waals surface area contributed by atoms with Crippen LogP contribution in [0.25, 0.3) is 0 Å². The minimum atomic E-state index is 0.597. The minimum absolute atomic E-state index is 0.597. The summed E-state index contributed by atoms with van der Waals surface area (Å²) in [5.74, 6) is 1.05. The topological polar surface area (TPSA) is 35.2 Å². The standard InChI is InChI=1S/C18H31NO/c1-4-5-6-7-8-9-10-11-20-18-15(2)12-17(14-19)13-16(18)3/h12-13H,4-11,14,19H2,1-3H3. The fraction of sp³-hybridized carbons (Fsp3) is 0.667. The van der Waals surface area contributed by atoms with Gasteiger partial charge in [-0.2, -0.15) is 0 Å². The Morgan fingerprint density at radius 1 is 0.900 bits per heavy atom. The van der Waals surface area contributed by atoms with Crippen LogP contribution in [0.15, 0.2) is 12.1 Å². The fourth-order valence-corrected chi connectivity index (χ4v) is 2.62. The minimum Gasteiger partial charge on any atom is -0.493 e. The van der Waals surface area contributed by atoms with E-state index in [2.05, 4.69) is 32.9 Å². The highest BCUT2D eigenvalue weighted by Gasteiger charge is 2.05. The number of hydrogen-bond donors (Lipinski definition) is 1. The first kappa shape index (κ1) is 17.0. The molecule has 0 aliphatic rings. The molecule has 0 heterocycles. The molecule has 0 fully saturated rings. The van der Waals surface area contributed by atoms with Crippen molar-refractivity contribution in [2.45, 2.75) is 72.3 Å². The number of nitrogens with two attached hydrogens (primary N) is 1. The molecular weight excluding hydrogens is 246 g/mol. The molecule has 1 aromatic carbocycles. The van der Waals surface area contributed by atoms with Gasteiger partial charge in [0.05, 0.1) is 6.61 Å². The fourth-order valence-electron chi connectivity index (χ4n) is 2.62. The van der Waals surface area contributed by atoms with Gasteiger partial charge in [0.15, 0.2) is 0 Å². The van der Waals surface area contributed by atoms with Crippen molar-refractivity contribution in [2.24, 2.45) is 5.73 Å². The van der Waals surface area contributed by atoms with Crippen molar-refractivity contribution in [2.75, 3.05) is 6.61 Å². The first-order chi connectivity index (χ1) is 9.69. The summed E-state index contributed by atoms with van der Waals surface area (Å²) in [5, 5.41) is 0. The van der Waals surface area contributed by atoms with Crippen LogP contribution in [0.2, 0.25) is 0 Å². The van der Waals surface area contributed by atoms with Crippen LogP contribution in [0.3, 0.4) is 0 Å². The molecule has 0 saturated carbocycles. The van der Waals surface area contributed by atoms with Crippen molar-refractivity contribution >= 4 is 0 Å². The molecule has 0 atom stereocenters. The Hall–Kier alpha value is -1.02. The third-order valence-corrected chi connectivity index (χ3v) is 3.75. The van der Waals surface area contributed by atoms with Crippen molar-refractivity contribution in [1.82, 2.24) is 0 Å². The summed E-state index contributed by atoms with van der Waals surface area (Å²) in [7, 11) is 0. The molecule has 0 amide bonds. The molecule has 0 spiro atoms. The van der Waals surface area contributed by atoms with Crippen molar-refractivity contribution in [3.05, 3.63) is 28.8 Å². The Kier molecular flexibility index (Phi) is 8.36. The lowest BCUT2D eigenvalue weighted by Gasteiger charge is -2.13. The van der Waals surface area contributed by atoms with Gasteiger partial charge in [-0.15, -0.1) is 0 Å². The van der Waals surface area contributed by atoms with Crippen molar-refractivity contribution in [3.63, 3.8) is 0 Å². The molecule has 2 N–H and O–H groups in total. The average Bonchev–Trinajstić information content (AvgIpc) is 2.43. The lowest BCUT2D eigenvalue weighted by atomic mass is 10.1. The lowest BCUT2D eigenvalue weighted by Crippen LogP contribution is -2.03. The first-order valence-corrected chi connectivity index (χ1v) is 8.12. The largest absolute Gasteiger partial charge is 0.493 e. The molecule has 0 unspecified atom stereocenters. The average molecular weight is 277 g/mol. The third kappa shape index (κ3) is 5.96. The number of ether oxygens (including phenoxy) is 1. The van der Waals surface area contributed by atoms with E-state index in [1.165, 1.54) is 55.2 Å². The van der Waals surface area contributed by atoms with Gasteiger partial charge in [0.2, 0.25) is 0 Å². The monoisotopic (exact) mass is 277 g/mol. The molecule has 1 rings (SSSR count). The molecule has 2 heteroatoms. The third-order valence-electron chi connectivity index (χ3n) is 3.75. The van der Waals surface area contributed by atoms with Crippen LogP contribution in [-0.4, -0.2) is 6.61 Å². The number of rotatable bonds is 10. The van der Waals surface area contributed by atoms with Crippen LogP contribution in [0.1, 0.15) is 68.6 Å². The van der Waals surface area contributed by atoms with Crippen LogP contribution in [0.4, 0.5) is 0 Å². The molecule has 0 aromatic heterocycles. The Labute approximate surface area is 124 Å². The smallest absolute Gasteiger partial charge is 0.125 e. The SMILES string of the molecule is CCCCCCCCCOc1c(C)cc(CN)cc1C. The highest BCUT2D eigenvalue weighted by molar-refractivity contribution is 5.43. The summed E-state index contributed by atoms with van der Waals surface area (Å²) < 4.78 is 5.95. The molecule has 0 radical (unpaired) electrons. The molecule has 0 aliphatic carbocycles. The summed E-state index contributed by atoms with van der Waals surface area (Å²) in [6, 6.07) is 4.26. The van der Waals surface area contributed by atoms with Crippen LogP contribution in [0, 0.1) is 13.8 Å². The van der Waals surface area contributed by atoms with Crippen LogP contribution >= 0.6 is 0 Å². The maximum Gasteiger partial charge on any atom is 0.125 e. The van der Waals surface area contributed by atoms with Crippen LogP contribution in [-0.2, 0) is 6.54 Å². The zero-order valence-corrected chi connectivity index (χ0v) is 13.5. The molecule has 1 aromatic rings. The zero-order chi connectivity index (χ0) is 14.8. The van der Waals surface area contributed by atoms with Gasteiger partial charge in [0, 0.05) is 6.54 Å². The van der Waals surface area contributed by atoms with Crippen molar-refractivity contribution in [1.29, 1.82) is 0 Å². The zero-order valence-electron chi connectivity index (χ0n) is 13.5. The van der Waals surface area contributed by atoms with Gasteiger partial charge >= 0.3 is 0 Å². The highest BCUT2D eigenvalue weighted by atomic mass is 16.5. The van der Waals surface area contributed by atoms with E-state index in [1.54, 1.807) is 0 Å². The second-order valence-corrected chi connectivity index (χ2v) is 5.73. The van der Waals surface area contributed by atoms with Gasteiger partial charge in [-0.1, -0.05) is 57.6 Å². The Morgan fingerprint density at radius 2 is 1.45 bits per heavy atom. The van der Waals surface area contributed by atoms with Gasteiger partial charge in [-0.05, 0) is 37.0 Å². The maximum atomic E-state index is 5.95. The summed E-state index contributed by atoms with van der Waals surface area (Å²) in [4.78, 5) is 0.